The zero-order valence-corrected chi connectivity index (χ0v) is 16.6. The number of hydrogen-bond donors (Lipinski definition) is 1. The lowest BCUT2D eigenvalue weighted by molar-refractivity contribution is -0.137. The molecule has 0 bridgehead atoms. The molecule has 1 aliphatic heterocycles. The molecule has 2 aromatic rings. The van der Waals surface area contributed by atoms with Gasteiger partial charge < -0.3 is 4.74 Å². The largest absolute Gasteiger partial charge is 0.425 e. The minimum absolute atomic E-state index is 0.0458. The Kier molecular flexibility index (Phi) is 5.69. The number of fused-ring (bicyclic) bond motifs is 1. The zero-order chi connectivity index (χ0) is 20.3. The smallest absolute Gasteiger partial charge is 0.329 e. The quantitative estimate of drug-likeness (QED) is 0.488. The molecule has 2 aromatic carbocycles. The van der Waals surface area contributed by atoms with Crippen LogP contribution < -0.4 is 9.46 Å². The van der Waals surface area contributed by atoms with Crippen LogP contribution in [0, 0.1) is 17.2 Å². The number of carbonyl (C=O) groups excluding carboxylic acids is 1. The summed E-state index contributed by atoms with van der Waals surface area (Å²) in [6, 6.07) is 11.5. The summed E-state index contributed by atoms with van der Waals surface area (Å²) >= 11 is 0.913. The maximum atomic E-state index is 12.9. The Hall–Kier alpha value is -2.87. The number of sulfonamides is 1. The average molecular weight is 416 g/mol. The van der Waals surface area contributed by atoms with Crippen molar-refractivity contribution < 1.29 is 17.9 Å². The Morgan fingerprint density at radius 2 is 1.89 bits per heavy atom. The Morgan fingerprint density at radius 3 is 2.54 bits per heavy atom. The molecule has 0 radical (unpaired) electrons. The van der Waals surface area contributed by atoms with Crippen LogP contribution in [0.2, 0.25) is 0 Å². The number of rotatable bonds is 6. The number of hydrogen-bond acceptors (Lipinski definition) is 7. The van der Waals surface area contributed by atoms with Crippen molar-refractivity contribution in [2.45, 2.75) is 24.8 Å². The highest BCUT2D eigenvalue weighted by Crippen LogP contribution is 2.37. The highest BCUT2D eigenvalue weighted by Gasteiger charge is 2.32. The number of nitrogens with zero attached hydrogens (tertiary/aromatic N) is 3. The van der Waals surface area contributed by atoms with Gasteiger partial charge in [-0.15, -0.1) is 0 Å². The van der Waals surface area contributed by atoms with Crippen LogP contribution in [0.5, 0.6) is 5.75 Å². The fourth-order valence-corrected chi connectivity index (χ4v) is 4.56. The lowest BCUT2D eigenvalue weighted by atomic mass is 10.1. The molecule has 8 nitrogen and oxygen atoms in total. The second-order valence-corrected chi connectivity index (χ2v) is 8.50. The standard InChI is InChI=1S/C18H16N4O4S2/c1-11(2)16(18(23)26-13-8-6-12(10-19)7-9-13)22-28(24,25)15-5-3-4-14-17(15)21-27-20-14/h3-9,11,16,22H,1-2H3/t16-/m0/s1. The van der Waals surface area contributed by atoms with Gasteiger partial charge in [0, 0.05) is 0 Å². The van der Waals surface area contributed by atoms with Crippen LogP contribution in [0.1, 0.15) is 19.4 Å². The van der Waals surface area contributed by atoms with Crippen molar-refractivity contribution in [1.29, 1.82) is 5.26 Å². The average Bonchev–Trinajstić information content (AvgIpc) is 3.15. The number of ether oxygens (including phenoxy) is 1. The second kappa shape index (κ2) is 8.02. The van der Waals surface area contributed by atoms with E-state index in [9.17, 15) is 13.2 Å². The number of nitriles is 1. The van der Waals surface area contributed by atoms with Gasteiger partial charge in [-0.3, -0.25) is 0 Å². The van der Waals surface area contributed by atoms with E-state index in [1.807, 2.05) is 6.07 Å². The van der Waals surface area contributed by atoms with Crippen molar-refractivity contribution in [3.8, 4) is 11.8 Å². The second-order valence-electron chi connectivity index (χ2n) is 6.29. The van der Waals surface area contributed by atoms with Gasteiger partial charge in [0.1, 0.15) is 28.1 Å². The normalized spacial score (nSPS) is 13.5. The summed E-state index contributed by atoms with van der Waals surface area (Å²) in [6.07, 6.45) is 0. The summed E-state index contributed by atoms with van der Waals surface area (Å²) in [5.41, 5.74) is 1.14. The predicted octanol–water partition coefficient (Wildman–Crippen LogP) is 3.19. The first-order valence-electron chi connectivity index (χ1n) is 8.27. The van der Waals surface area contributed by atoms with E-state index in [4.69, 9.17) is 10.00 Å². The lowest BCUT2D eigenvalue weighted by Crippen LogP contribution is -2.46. The summed E-state index contributed by atoms with van der Waals surface area (Å²) in [5.74, 6) is -0.889. The molecular weight excluding hydrogens is 400 g/mol. The molecule has 1 heterocycles. The van der Waals surface area contributed by atoms with Gasteiger partial charge in [-0.1, -0.05) is 19.9 Å². The maximum Gasteiger partial charge on any atom is 0.329 e. The first kappa shape index (κ1) is 19.9. The van der Waals surface area contributed by atoms with Crippen molar-refractivity contribution in [2.75, 3.05) is 0 Å². The third-order valence-corrected chi connectivity index (χ3v) is 5.96. The van der Waals surface area contributed by atoms with Crippen LogP contribution in [0.15, 0.2) is 56.1 Å². The molecular formula is C18H16N4O4S2. The van der Waals surface area contributed by atoms with E-state index in [0.29, 0.717) is 11.3 Å². The Labute approximate surface area is 166 Å². The summed E-state index contributed by atoms with van der Waals surface area (Å²) in [6.45, 7) is 3.41. The van der Waals surface area contributed by atoms with Gasteiger partial charge in [-0.25, -0.2) is 13.2 Å². The van der Waals surface area contributed by atoms with Gasteiger partial charge in [0.25, 0.3) is 0 Å². The van der Waals surface area contributed by atoms with Gasteiger partial charge in [-0.05, 0) is 42.3 Å². The van der Waals surface area contributed by atoms with Crippen molar-refractivity contribution in [3.63, 3.8) is 0 Å². The van der Waals surface area contributed by atoms with Crippen LogP contribution in [-0.2, 0) is 26.2 Å². The third kappa shape index (κ3) is 4.17. The van der Waals surface area contributed by atoms with Crippen molar-refractivity contribution in [3.05, 3.63) is 48.0 Å². The summed E-state index contributed by atoms with van der Waals surface area (Å²) in [4.78, 5) is 12.5. The monoisotopic (exact) mass is 416 g/mol. The van der Waals surface area contributed by atoms with Crippen molar-refractivity contribution in [2.24, 2.45) is 14.6 Å². The highest BCUT2D eigenvalue weighted by atomic mass is 32.2. The molecule has 28 heavy (non-hydrogen) atoms. The lowest BCUT2D eigenvalue weighted by Gasteiger charge is -2.21. The van der Waals surface area contributed by atoms with Crippen molar-refractivity contribution in [1.82, 2.24) is 4.72 Å². The molecule has 0 saturated carbocycles. The van der Waals surface area contributed by atoms with Gasteiger partial charge >= 0.3 is 5.97 Å². The molecule has 0 spiro atoms. The molecule has 0 saturated heterocycles. The molecule has 0 unspecified atom stereocenters. The van der Waals surface area contributed by atoms with E-state index in [2.05, 4.69) is 13.4 Å². The fraction of sp³-hybridized carbons (Fsp3) is 0.222. The third-order valence-electron chi connectivity index (χ3n) is 3.94. The van der Waals surface area contributed by atoms with E-state index in [1.54, 1.807) is 26.0 Å². The molecule has 0 amide bonds. The minimum Gasteiger partial charge on any atom is -0.425 e. The molecule has 0 fully saturated rings. The van der Waals surface area contributed by atoms with Crippen LogP contribution >= 0.6 is 0 Å². The van der Waals surface area contributed by atoms with Gasteiger partial charge in [-0.2, -0.15) is 18.7 Å². The molecule has 0 aromatic heterocycles. The van der Waals surface area contributed by atoms with E-state index in [-0.39, 0.29) is 22.3 Å². The van der Waals surface area contributed by atoms with E-state index >= 15 is 0 Å². The Morgan fingerprint density at radius 1 is 1.18 bits per heavy atom. The SMILES string of the molecule is CC(C)[C@H](NS(=O)(=O)c1cccc2c1N=S=N2)C(=O)Oc1ccc(C#N)cc1. The number of benzene rings is 2. The van der Waals surface area contributed by atoms with E-state index in [1.165, 1.54) is 30.3 Å². The highest BCUT2D eigenvalue weighted by molar-refractivity contribution is 7.89. The van der Waals surface area contributed by atoms with E-state index < -0.39 is 22.0 Å². The number of carbonyl (C=O) groups is 1. The molecule has 1 N–H and O–H groups in total. The van der Waals surface area contributed by atoms with E-state index in [0.717, 1.165) is 11.4 Å². The predicted molar refractivity (Wildman–Crippen MR) is 104 cm³/mol. The van der Waals surface area contributed by atoms with Crippen molar-refractivity contribution >= 4 is 38.7 Å². The van der Waals surface area contributed by atoms with Crippen LogP contribution in [-0.4, -0.2) is 20.4 Å². The Bertz CT molecular complexity index is 1130. The molecule has 144 valence electrons. The minimum atomic E-state index is -4.04. The van der Waals surface area contributed by atoms with Gasteiger partial charge in [0.05, 0.1) is 23.0 Å². The zero-order valence-electron chi connectivity index (χ0n) is 15.0. The Balaban J connectivity index is 1.82. The molecule has 1 aliphatic rings. The topological polar surface area (TPSA) is 121 Å². The summed E-state index contributed by atoms with van der Waals surface area (Å²) in [5, 5.41) is 8.82. The van der Waals surface area contributed by atoms with Crippen LogP contribution in [0.4, 0.5) is 11.4 Å². The summed E-state index contributed by atoms with van der Waals surface area (Å²) < 4.78 is 41.5. The molecule has 3 rings (SSSR count). The molecule has 0 aliphatic carbocycles. The summed E-state index contributed by atoms with van der Waals surface area (Å²) in [7, 11) is -4.04. The van der Waals surface area contributed by atoms with Crippen LogP contribution in [0.3, 0.4) is 0 Å². The number of esters is 1. The molecule has 10 heteroatoms. The maximum absolute atomic E-state index is 12.9. The number of nitrogens with one attached hydrogen (secondary N) is 1. The van der Waals surface area contributed by atoms with Gasteiger partial charge in [0.2, 0.25) is 10.0 Å². The first-order valence-corrected chi connectivity index (χ1v) is 10.5. The molecule has 1 atom stereocenters. The van der Waals surface area contributed by atoms with Gasteiger partial charge in [0.15, 0.2) is 0 Å². The van der Waals surface area contributed by atoms with Crippen LogP contribution in [0.25, 0.3) is 0 Å². The fourth-order valence-electron chi connectivity index (χ4n) is 2.46. The first-order chi connectivity index (χ1) is 13.3.